The number of ether oxygens (including phenoxy) is 1. The van der Waals surface area contributed by atoms with Gasteiger partial charge in [-0.2, -0.15) is 0 Å². The van der Waals surface area contributed by atoms with Crippen LogP contribution >= 0.6 is 15.9 Å². The Kier molecular flexibility index (Phi) is 5.09. The molecular weight excluding hydrogens is 334 g/mol. The molecule has 1 aromatic heterocycles. The lowest BCUT2D eigenvalue weighted by Crippen LogP contribution is -2.41. The summed E-state index contributed by atoms with van der Waals surface area (Å²) in [6.45, 7) is 10.6. The highest BCUT2D eigenvalue weighted by atomic mass is 79.9. The van der Waals surface area contributed by atoms with Gasteiger partial charge < -0.3 is 14.5 Å². The van der Waals surface area contributed by atoms with Gasteiger partial charge in [0.2, 0.25) is 0 Å². The molecule has 6 heteroatoms. The van der Waals surface area contributed by atoms with E-state index in [9.17, 15) is 0 Å². The molecule has 0 aliphatic carbocycles. The summed E-state index contributed by atoms with van der Waals surface area (Å²) >= 11 is 3.49. The van der Waals surface area contributed by atoms with Crippen molar-refractivity contribution >= 4 is 35.5 Å². The van der Waals surface area contributed by atoms with Gasteiger partial charge in [0.05, 0.1) is 5.69 Å². The predicted octanol–water partition coefficient (Wildman–Crippen LogP) is 3.41. The van der Waals surface area contributed by atoms with Crippen LogP contribution in [0.3, 0.4) is 0 Å². The van der Waals surface area contributed by atoms with Crippen molar-refractivity contribution in [2.75, 3.05) is 43.3 Å². The van der Waals surface area contributed by atoms with Gasteiger partial charge in [0.15, 0.2) is 5.82 Å². The van der Waals surface area contributed by atoms with E-state index in [0.29, 0.717) is 6.73 Å². The molecule has 0 spiro atoms. The van der Waals surface area contributed by atoms with E-state index in [1.54, 1.807) is 0 Å². The molecular formula is C14H24BrN3OSi. The largest absolute Gasteiger partial charge is 0.370 e. The highest BCUT2D eigenvalue weighted by molar-refractivity contribution is 9.10. The van der Waals surface area contributed by atoms with E-state index in [4.69, 9.17) is 4.74 Å². The number of rotatable bonds is 5. The van der Waals surface area contributed by atoms with E-state index in [0.717, 1.165) is 30.0 Å². The number of hydrogen-bond donors (Lipinski definition) is 0. The smallest absolute Gasteiger partial charge is 0.154 e. The van der Waals surface area contributed by atoms with Crippen LogP contribution in [-0.2, 0) is 4.74 Å². The van der Waals surface area contributed by atoms with Crippen molar-refractivity contribution in [1.29, 1.82) is 0 Å². The molecule has 0 bridgehead atoms. The van der Waals surface area contributed by atoms with E-state index < -0.39 is 8.07 Å². The predicted molar refractivity (Wildman–Crippen MR) is 91.5 cm³/mol. The molecule has 0 N–H and O–H groups in total. The van der Waals surface area contributed by atoms with Crippen molar-refractivity contribution in [2.24, 2.45) is 0 Å². The summed E-state index contributed by atoms with van der Waals surface area (Å²) in [5.74, 6) is 1.02. The summed E-state index contributed by atoms with van der Waals surface area (Å²) in [5.41, 5.74) is 1.17. The van der Waals surface area contributed by atoms with Gasteiger partial charge in [-0.25, -0.2) is 4.98 Å². The first-order chi connectivity index (χ1) is 9.37. The third-order valence-electron chi connectivity index (χ3n) is 3.47. The minimum Gasteiger partial charge on any atom is -0.370 e. The Hall–Kier alpha value is -0.593. The van der Waals surface area contributed by atoms with Crippen LogP contribution in [0.1, 0.15) is 0 Å². The van der Waals surface area contributed by atoms with Crippen LogP contribution in [0.4, 0.5) is 11.5 Å². The lowest BCUT2D eigenvalue weighted by Gasteiger charge is -2.35. The second-order valence-corrected chi connectivity index (χ2v) is 13.1. The SMILES string of the molecule is CN1CCN(COCC[Si](C)(C)C)c2ncc(Br)cc21. The van der Waals surface area contributed by atoms with E-state index in [-0.39, 0.29) is 0 Å². The number of fused-ring (bicyclic) bond motifs is 1. The maximum atomic E-state index is 5.86. The molecule has 0 saturated heterocycles. The van der Waals surface area contributed by atoms with Gasteiger partial charge in [0, 0.05) is 45.5 Å². The van der Waals surface area contributed by atoms with E-state index in [1.165, 1.54) is 11.7 Å². The van der Waals surface area contributed by atoms with Gasteiger partial charge in [0.25, 0.3) is 0 Å². The number of likely N-dealkylation sites (N-methyl/N-ethyl adjacent to an activating group) is 1. The zero-order valence-corrected chi connectivity index (χ0v) is 15.4. The third kappa shape index (κ3) is 4.20. The fourth-order valence-corrected chi connectivity index (χ4v) is 3.20. The number of pyridine rings is 1. The molecule has 1 aromatic rings. The molecule has 20 heavy (non-hydrogen) atoms. The van der Waals surface area contributed by atoms with Crippen molar-refractivity contribution < 1.29 is 4.74 Å². The molecule has 1 aliphatic heterocycles. The second kappa shape index (κ2) is 6.45. The van der Waals surface area contributed by atoms with Gasteiger partial charge in [-0.05, 0) is 28.0 Å². The van der Waals surface area contributed by atoms with Gasteiger partial charge in [-0.3, -0.25) is 0 Å². The molecule has 4 nitrogen and oxygen atoms in total. The highest BCUT2D eigenvalue weighted by Crippen LogP contribution is 2.32. The van der Waals surface area contributed by atoms with Gasteiger partial charge in [-0.15, -0.1) is 0 Å². The standard InChI is InChI=1S/C14H24BrN3OSi/c1-17-5-6-18(11-19-7-8-20(2,3)4)14-13(17)9-12(15)10-16-14/h9-10H,5-8,11H2,1-4H3. The van der Waals surface area contributed by atoms with E-state index >= 15 is 0 Å². The zero-order chi connectivity index (χ0) is 14.8. The van der Waals surface area contributed by atoms with Gasteiger partial charge in [-0.1, -0.05) is 19.6 Å². The first-order valence-electron chi connectivity index (χ1n) is 7.06. The summed E-state index contributed by atoms with van der Waals surface area (Å²) in [7, 11) is 1.10. The number of hydrogen-bond acceptors (Lipinski definition) is 4. The van der Waals surface area contributed by atoms with Crippen LogP contribution < -0.4 is 9.80 Å². The Morgan fingerprint density at radius 3 is 2.80 bits per heavy atom. The average molecular weight is 358 g/mol. The summed E-state index contributed by atoms with van der Waals surface area (Å²) in [5, 5.41) is 0. The monoisotopic (exact) mass is 357 g/mol. The molecule has 1 aliphatic rings. The molecule has 0 atom stereocenters. The molecule has 0 amide bonds. The Bertz CT molecular complexity index is 464. The van der Waals surface area contributed by atoms with Crippen LogP contribution in [0.2, 0.25) is 25.7 Å². The summed E-state index contributed by atoms with van der Waals surface area (Å²) in [6.07, 6.45) is 1.85. The number of halogens is 1. The van der Waals surface area contributed by atoms with Gasteiger partial charge >= 0.3 is 0 Å². The Balaban J connectivity index is 1.96. The first kappa shape index (κ1) is 15.8. The lowest BCUT2D eigenvalue weighted by molar-refractivity contribution is 0.146. The average Bonchev–Trinajstić information content (AvgIpc) is 2.36. The fraction of sp³-hybridized carbons (Fsp3) is 0.643. The lowest BCUT2D eigenvalue weighted by atomic mass is 10.2. The molecule has 0 aromatic carbocycles. The Morgan fingerprint density at radius 1 is 1.35 bits per heavy atom. The number of nitrogens with zero attached hydrogens (tertiary/aromatic N) is 3. The van der Waals surface area contributed by atoms with Crippen molar-refractivity contribution in [3.05, 3.63) is 16.7 Å². The van der Waals surface area contributed by atoms with Crippen LogP contribution in [0, 0.1) is 0 Å². The highest BCUT2D eigenvalue weighted by Gasteiger charge is 2.22. The van der Waals surface area contributed by atoms with Crippen LogP contribution in [0.25, 0.3) is 0 Å². The normalized spacial score (nSPS) is 15.4. The minimum absolute atomic E-state index is 0.639. The molecule has 0 saturated carbocycles. The second-order valence-electron chi connectivity index (χ2n) is 6.53. The molecule has 0 fully saturated rings. The fourth-order valence-electron chi connectivity index (χ4n) is 2.12. The van der Waals surface area contributed by atoms with E-state index in [2.05, 4.69) is 63.5 Å². The first-order valence-corrected chi connectivity index (χ1v) is 11.6. The van der Waals surface area contributed by atoms with Crippen LogP contribution in [0.5, 0.6) is 0 Å². The van der Waals surface area contributed by atoms with Crippen molar-refractivity contribution in [2.45, 2.75) is 25.7 Å². The van der Waals surface area contributed by atoms with Crippen molar-refractivity contribution in [1.82, 2.24) is 4.98 Å². The molecule has 0 unspecified atom stereocenters. The quantitative estimate of drug-likeness (QED) is 0.596. The summed E-state index contributed by atoms with van der Waals surface area (Å²) in [4.78, 5) is 9.01. The van der Waals surface area contributed by atoms with Crippen molar-refractivity contribution in [3.8, 4) is 0 Å². The van der Waals surface area contributed by atoms with Crippen molar-refractivity contribution in [3.63, 3.8) is 0 Å². The van der Waals surface area contributed by atoms with Gasteiger partial charge in [0.1, 0.15) is 6.73 Å². The Labute approximate surface area is 131 Å². The van der Waals surface area contributed by atoms with E-state index in [1.807, 2.05) is 6.20 Å². The summed E-state index contributed by atoms with van der Waals surface area (Å²) in [6, 6.07) is 3.33. The molecule has 112 valence electrons. The third-order valence-corrected chi connectivity index (χ3v) is 5.61. The minimum atomic E-state index is -1.01. The maximum Gasteiger partial charge on any atom is 0.154 e. The van der Waals surface area contributed by atoms with Crippen LogP contribution in [0.15, 0.2) is 16.7 Å². The molecule has 2 rings (SSSR count). The topological polar surface area (TPSA) is 28.6 Å². The maximum absolute atomic E-state index is 5.86. The van der Waals surface area contributed by atoms with Crippen LogP contribution in [-0.4, -0.2) is 46.5 Å². The molecule has 2 heterocycles. The zero-order valence-electron chi connectivity index (χ0n) is 12.8. The molecule has 0 radical (unpaired) electrons. The summed E-state index contributed by atoms with van der Waals surface area (Å²) < 4.78 is 6.88. The number of aromatic nitrogens is 1. The Morgan fingerprint density at radius 2 is 2.10 bits per heavy atom. The number of anilines is 2.